The standard InChI is InChI=1S/C13H13Cl2NO4/c14-9-3-1-2-8(12(9)15)4-5-11(18)16-10(6-7-17)13(19)20/h1-5,10,17H,6-7H2,(H,16,18)(H,19,20)/b5-4+/t10-/m0/s1. The van der Waals surface area contributed by atoms with Crippen molar-refractivity contribution in [1.82, 2.24) is 5.32 Å². The molecule has 0 unspecified atom stereocenters. The molecule has 0 fully saturated rings. The molecule has 3 N–H and O–H groups in total. The average Bonchev–Trinajstić information content (AvgIpc) is 2.40. The Kier molecular flexibility index (Phi) is 6.51. The number of aliphatic hydroxyl groups excluding tert-OH is 1. The average molecular weight is 318 g/mol. The number of benzene rings is 1. The molecule has 0 aliphatic rings. The molecule has 5 nitrogen and oxygen atoms in total. The van der Waals surface area contributed by atoms with Gasteiger partial charge in [0.1, 0.15) is 6.04 Å². The molecule has 7 heteroatoms. The van der Waals surface area contributed by atoms with Crippen LogP contribution < -0.4 is 5.32 Å². The van der Waals surface area contributed by atoms with E-state index in [2.05, 4.69) is 5.32 Å². The predicted molar refractivity (Wildman–Crippen MR) is 76.8 cm³/mol. The van der Waals surface area contributed by atoms with Crippen LogP contribution in [0.1, 0.15) is 12.0 Å². The summed E-state index contributed by atoms with van der Waals surface area (Å²) < 4.78 is 0. The van der Waals surface area contributed by atoms with Crippen LogP contribution in [0.25, 0.3) is 6.08 Å². The molecule has 0 aromatic heterocycles. The first-order valence-electron chi connectivity index (χ1n) is 5.72. The number of aliphatic carboxylic acids is 1. The molecule has 0 saturated carbocycles. The Bertz CT molecular complexity index is 531. The van der Waals surface area contributed by atoms with Crippen molar-refractivity contribution in [1.29, 1.82) is 0 Å². The summed E-state index contributed by atoms with van der Waals surface area (Å²) in [5.41, 5.74) is 0.545. The molecule has 0 bridgehead atoms. The SMILES string of the molecule is O=C(/C=C/c1cccc(Cl)c1Cl)N[C@@H](CCO)C(=O)O. The summed E-state index contributed by atoms with van der Waals surface area (Å²) >= 11 is 11.8. The van der Waals surface area contributed by atoms with E-state index in [1.165, 1.54) is 6.08 Å². The Labute approximate surface area is 125 Å². The highest BCUT2D eigenvalue weighted by Gasteiger charge is 2.17. The lowest BCUT2D eigenvalue weighted by Gasteiger charge is -2.11. The molecule has 0 heterocycles. The minimum absolute atomic E-state index is 0.0627. The van der Waals surface area contributed by atoms with Gasteiger partial charge in [-0.3, -0.25) is 4.79 Å². The van der Waals surface area contributed by atoms with Crippen molar-refractivity contribution >= 4 is 41.2 Å². The van der Waals surface area contributed by atoms with Crippen molar-refractivity contribution in [3.8, 4) is 0 Å². The fourth-order valence-corrected chi connectivity index (χ4v) is 1.79. The van der Waals surface area contributed by atoms with Gasteiger partial charge in [-0.05, 0) is 17.7 Å². The van der Waals surface area contributed by atoms with E-state index >= 15 is 0 Å². The highest BCUT2D eigenvalue weighted by atomic mass is 35.5. The lowest BCUT2D eigenvalue weighted by Crippen LogP contribution is -2.40. The monoisotopic (exact) mass is 317 g/mol. The van der Waals surface area contributed by atoms with Gasteiger partial charge in [0.2, 0.25) is 5.91 Å². The van der Waals surface area contributed by atoms with Crippen molar-refractivity contribution in [2.45, 2.75) is 12.5 Å². The maximum absolute atomic E-state index is 11.6. The fourth-order valence-electron chi connectivity index (χ4n) is 1.42. The summed E-state index contributed by atoms with van der Waals surface area (Å²) in [5.74, 6) is -1.80. The number of amides is 1. The third kappa shape index (κ3) is 4.85. The molecule has 1 rings (SSSR count). The number of carboxylic acids is 1. The van der Waals surface area contributed by atoms with Crippen molar-refractivity contribution in [3.05, 3.63) is 39.9 Å². The van der Waals surface area contributed by atoms with Crippen LogP contribution in [0.4, 0.5) is 0 Å². The first-order chi connectivity index (χ1) is 9.45. The van der Waals surface area contributed by atoms with Gasteiger partial charge in [-0.15, -0.1) is 0 Å². The van der Waals surface area contributed by atoms with Gasteiger partial charge >= 0.3 is 5.97 Å². The number of carboxylic acid groups (broad SMARTS) is 1. The van der Waals surface area contributed by atoms with Gasteiger partial charge in [0.15, 0.2) is 0 Å². The van der Waals surface area contributed by atoms with E-state index in [1.807, 2.05) is 0 Å². The van der Waals surface area contributed by atoms with E-state index in [1.54, 1.807) is 18.2 Å². The summed E-state index contributed by atoms with van der Waals surface area (Å²) in [6, 6.07) is 3.83. The lowest BCUT2D eigenvalue weighted by atomic mass is 10.2. The summed E-state index contributed by atoms with van der Waals surface area (Å²) in [6.07, 6.45) is 2.53. The van der Waals surface area contributed by atoms with Crippen LogP contribution in [0.3, 0.4) is 0 Å². The van der Waals surface area contributed by atoms with Crippen LogP contribution in [-0.4, -0.2) is 34.7 Å². The van der Waals surface area contributed by atoms with Crippen LogP contribution in [0.5, 0.6) is 0 Å². The second-order valence-corrected chi connectivity index (χ2v) is 4.67. The highest BCUT2D eigenvalue weighted by Crippen LogP contribution is 2.26. The minimum atomic E-state index is -1.21. The largest absolute Gasteiger partial charge is 0.480 e. The number of carbonyl (C=O) groups is 2. The zero-order valence-electron chi connectivity index (χ0n) is 10.3. The molecule has 1 atom stereocenters. The van der Waals surface area contributed by atoms with Gasteiger partial charge in [0.05, 0.1) is 10.0 Å². The molecule has 0 spiro atoms. The summed E-state index contributed by atoms with van der Waals surface area (Å²) in [7, 11) is 0. The number of hydrogen-bond acceptors (Lipinski definition) is 3. The van der Waals surface area contributed by atoms with Crippen LogP contribution in [-0.2, 0) is 9.59 Å². The normalized spacial score (nSPS) is 12.3. The van der Waals surface area contributed by atoms with Gasteiger partial charge in [0, 0.05) is 19.1 Å². The van der Waals surface area contributed by atoms with Gasteiger partial charge in [-0.1, -0.05) is 35.3 Å². The lowest BCUT2D eigenvalue weighted by molar-refractivity contribution is -0.141. The van der Waals surface area contributed by atoms with Crippen LogP contribution in [0, 0.1) is 0 Å². The Morgan fingerprint density at radius 2 is 2.05 bits per heavy atom. The molecule has 1 aromatic carbocycles. The van der Waals surface area contributed by atoms with E-state index in [4.69, 9.17) is 33.4 Å². The van der Waals surface area contributed by atoms with Crippen molar-refractivity contribution in [3.63, 3.8) is 0 Å². The predicted octanol–water partition coefficient (Wildman–Crippen LogP) is 1.96. The van der Waals surface area contributed by atoms with E-state index in [-0.39, 0.29) is 13.0 Å². The first kappa shape index (κ1) is 16.5. The molecule has 0 saturated heterocycles. The van der Waals surface area contributed by atoms with Crippen LogP contribution in [0.15, 0.2) is 24.3 Å². The molecule has 0 radical (unpaired) electrons. The van der Waals surface area contributed by atoms with Crippen molar-refractivity contribution in [2.24, 2.45) is 0 Å². The highest BCUT2D eigenvalue weighted by molar-refractivity contribution is 6.42. The zero-order valence-corrected chi connectivity index (χ0v) is 11.9. The number of nitrogens with one attached hydrogen (secondary N) is 1. The quantitative estimate of drug-likeness (QED) is 0.700. The molecular formula is C13H13Cl2NO4. The van der Waals surface area contributed by atoms with Gasteiger partial charge < -0.3 is 15.5 Å². The molecule has 20 heavy (non-hydrogen) atoms. The molecule has 0 aliphatic heterocycles. The minimum Gasteiger partial charge on any atom is -0.480 e. The van der Waals surface area contributed by atoms with E-state index in [0.29, 0.717) is 15.6 Å². The number of hydrogen-bond donors (Lipinski definition) is 3. The Morgan fingerprint density at radius 3 is 2.65 bits per heavy atom. The number of aliphatic hydroxyl groups is 1. The van der Waals surface area contributed by atoms with E-state index in [0.717, 1.165) is 6.08 Å². The van der Waals surface area contributed by atoms with Crippen molar-refractivity contribution in [2.75, 3.05) is 6.61 Å². The van der Waals surface area contributed by atoms with Gasteiger partial charge in [-0.2, -0.15) is 0 Å². The summed E-state index contributed by atoms with van der Waals surface area (Å²) in [5, 5.41) is 20.5. The van der Waals surface area contributed by atoms with Gasteiger partial charge in [-0.25, -0.2) is 4.79 Å². The summed E-state index contributed by atoms with van der Waals surface area (Å²) in [4.78, 5) is 22.4. The van der Waals surface area contributed by atoms with E-state index in [9.17, 15) is 9.59 Å². The maximum atomic E-state index is 11.6. The van der Waals surface area contributed by atoms with Crippen LogP contribution in [0.2, 0.25) is 10.0 Å². The molecule has 108 valence electrons. The number of halogens is 2. The van der Waals surface area contributed by atoms with Crippen LogP contribution >= 0.6 is 23.2 Å². The maximum Gasteiger partial charge on any atom is 0.326 e. The Balaban J connectivity index is 2.72. The Hall–Kier alpha value is -1.56. The topological polar surface area (TPSA) is 86.6 Å². The molecule has 1 amide bonds. The molecular weight excluding hydrogens is 305 g/mol. The third-order valence-electron chi connectivity index (χ3n) is 2.43. The van der Waals surface area contributed by atoms with E-state index < -0.39 is 17.9 Å². The second kappa shape index (κ2) is 7.89. The molecule has 1 aromatic rings. The van der Waals surface area contributed by atoms with Gasteiger partial charge in [0.25, 0.3) is 0 Å². The smallest absolute Gasteiger partial charge is 0.326 e. The number of rotatable bonds is 6. The Morgan fingerprint density at radius 1 is 1.35 bits per heavy atom. The van der Waals surface area contributed by atoms with Crippen molar-refractivity contribution < 1.29 is 19.8 Å². The molecule has 0 aliphatic carbocycles. The summed E-state index contributed by atoms with van der Waals surface area (Å²) in [6.45, 7) is -0.332. The zero-order chi connectivity index (χ0) is 15.1. The number of carbonyl (C=O) groups excluding carboxylic acids is 1. The fraction of sp³-hybridized carbons (Fsp3) is 0.231. The third-order valence-corrected chi connectivity index (χ3v) is 3.26. The first-order valence-corrected chi connectivity index (χ1v) is 6.47. The second-order valence-electron chi connectivity index (χ2n) is 3.89.